The van der Waals surface area contributed by atoms with Crippen molar-refractivity contribution in [2.75, 3.05) is 19.7 Å². The van der Waals surface area contributed by atoms with Gasteiger partial charge >= 0.3 is 0 Å². The van der Waals surface area contributed by atoms with Crippen LogP contribution in [0.25, 0.3) is 0 Å². The van der Waals surface area contributed by atoms with E-state index in [9.17, 15) is 0 Å². The summed E-state index contributed by atoms with van der Waals surface area (Å²) in [7, 11) is 0. The van der Waals surface area contributed by atoms with Crippen LogP contribution < -0.4 is 10.1 Å². The van der Waals surface area contributed by atoms with E-state index in [0.717, 1.165) is 37.8 Å². The summed E-state index contributed by atoms with van der Waals surface area (Å²) in [6.07, 6.45) is 6.81. The Morgan fingerprint density at radius 2 is 2.00 bits per heavy atom. The molecule has 0 spiro atoms. The van der Waals surface area contributed by atoms with E-state index in [4.69, 9.17) is 4.74 Å². The van der Waals surface area contributed by atoms with E-state index in [1.165, 1.54) is 31.2 Å². The van der Waals surface area contributed by atoms with Crippen LogP contribution >= 0.6 is 0 Å². The fraction of sp³-hybridized carbons (Fsp3) is 0.667. The Hall–Kier alpha value is -1.02. The van der Waals surface area contributed by atoms with Gasteiger partial charge in [0.05, 0.1) is 0 Å². The minimum Gasteiger partial charge on any atom is -0.492 e. The molecule has 1 saturated carbocycles. The van der Waals surface area contributed by atoms with Crippen LogP contribution in [0.2, 0.25) is 0 Å². The second-order valence-electron chi connectivity index (χ2n) is 6.05. The van der Waals surface area contributed by atoms with Crippen LogP contribution in [0.4, 0.5) is 0 Å². The lowest BCUT2D eigenvalue weighted by Crippen LogP contribution is -2.26. The molecule has 1 aromatic carbocycles. The van der Waals surface area contributed by atoms with Crippen LogP contribution in [-0.2, 0) is 0 Å². The molecule has 1 aromatic rings. The van der Waals surface area contributed by atoms with Crippen molar-refractivity contribution < 1.29 is 4.74 Å². The Labute approximate surface area is 123 Å². The van der Waals surface area contributed by atoms with E-state index in [0.29, 0.717) is 5.92 Å². The molecule has 1 atom stereocenters. The maximum Gasteiger partial charge on any atom is 0.122 e. The summed E-state index contributed by atoms with van der Waals surface area (Å²) in [6.45, 7) is 7.37. The zero-order chi connectivity index (χ0) is 14.2. The van der Waals surface area contributed by atoms with E-state index >= 15 is 0 Å². The molecule has 0 saturated heterocycles. The van der Waals surface area contributed by atoms with Crippen LogP contribution in [0.5, 0.6) is 5.75 Å². The monoisotopic (exact) mass is 275 g/mol. The van der Waals surface area contributed by atoms with Crippen molar-refractivity contribution in [1.29, 1.82) is 0 Å². The second-order valence-corrected chi connectivity index (χ2v) is 6.05. The molecule has 0 amide bonds. The van der Waals surface area contributed by atoms with Crippen molar-refractivity contribution in [2.45, 2.75) is 51.9 Å². The normalized spacial score (nSPS) is 17.3. The number of benzene rings is 1. The number of para-hydroxylation sites is 1. The summed E-state index contributed by atoms with van der Waals surface area (Å²) in [5.41, 5.74) is 1.34. The van der Waals surface area contributed by atoms with E-state index in [1.807, 2.05) is 0 Å². The van der Waals surface area contributed by atoms with Crippen LogP contribution in [0.15, 0.2) is 24.3 Å². The lowest BCUT2D eigenvalue weighted by molar-refractivity contribution is 0.304. The molecule has 1 N–H and O–H groups in total. The van der Waals surface area contributed by atoms with Crippen LogP contribution in [0.1, 0.15) is 57.4 Å². The van der Waals surface area contributed by atoms with Crippen LogP contribution in [0.3, 0.4) is 0 Å². The average Bonchev–Trinajstić information content (AvgIpc) is 3.00. The van der Waals surface area contributed by atoms with Gasteiger partial charge in [-0.15, -0.1) is 0 Å². The SMILES string of the molecule is CCC(C)c1ccccc1OCCNCC1CCCC1. The minimum atomic E-state index is 0.567. The summed E-state index contributed by atoms with van der Waals surface area (Å²) in [6, 6.07) is 8.45. The third-order valence-electron chi connectivity index (χ3n) is 4.51. The Morgan fingerprint density at radius 1 is 1.25 bits per heavy atom. The molecule has 2 nitrogen and oxygen atoms in total. The third-order valence-corrected chi connectivity index (χ3v) is 4.51. The Morgan fingerprint density at radius 3 is 2.75 bits per heavy atom. The van der Waals surface area contributed by atoms with Gasteiger partial charge in [-0.1, -0.05) is 44.9 Å². The van der Waals surface area contributed by atoms with Gasteiger partial charge in [-0.25, -0.2) is 0 Å². The van der Waals surface area contributed by atoms with Gasteiger partial charge in [-0.05, 0) is 49.3 Å². The van der Waals surface area contributed by atoms with E-state index in [2.05, 4.69) is 43.4 Å². The van der Waals surface area contributed by atoms with Crippen molar-refractivity contribution >= 4 is 0 Å². The Balaban J connectivity index is 1.70. The largest absolute Gasteiger partial charge is 0.492 e. The van der Waals surface area contributed by atoms with Gasteiger partial charge < -0.3 is 10.1 Å². The highest BCUT2D eigenvalue weighted by Crippen LogP contribution is 2.28. The summed E-state index contributed by atoms with van der Waals surface area (Å²) >= 11 is 0. The highest BCUT2D eigenvalue weighted by molar-refractivity contribution is 5.35. The highest BCUT2D eigenvalue weighted by atomic mass is 16.5. The van der Waals surface area contributed by atoms with Gasteiger partial charge in [0.25, 0.3) is 0 Å². The van der Waals surface area contributed by atoms with Gasteiger partial charge in [0.1, 0.15) is 12.4 Å². The quantitative estimate of drug-likeness (QED) is 0.712. The molecule has 112 valence electrons. The highest BCUT2D eigenvalue weighted by Gasteiger charge is 2.14. The number of rotatable bonds is 8. The fourth-order valence-corrected chi connectivity index (χ4v) is 2.99. The molecule has 2 rings (SSSR count). The first-order valence-electron chi connectivity index (χ1n) is 8.23. The molecule has 2 heteroatoms. The maximum absolute atomic E-state index is 5.96. The Kier molecular flexibility index (Phi) is 6.38. The predicted molar refractivity (Wildman–Crippen MR) is 85.5 cm³/mol. The van der Waals surface area contributed by atoms with Gasteiger partial charge in [0.2, 0.25) is 0 Å². The first-order chi connectivity index (χ1) is 9.81. The van der Waals surface area contributed by atoms with Gasteiger partial charge in [-0.3, -0.25) is 0 Å². The zero-order valence-corrected chi connectivity index (χ0v) is 13.0. The number of hydrogen-bond acceptors (Lipinski definition) is 2. The first-order valence-corrected chi connectivity index (χ1v) is 8.23. The van der Waals surface area contributed by atoms with E-state index in [1.54, 1.807) is 0 Å². The number of nitrogens with one attached hydrogen (secondary N) is 1. The molecule has 20 heavy (non-hydrogen) atoms. The van der Waals surface area contributed by atoms with Crippen molar-refractivity contribution in [2.24, 2.45) is 5.92 Å². The lowest BCUT2D eigenvalue weighted by atomic mass is 9.98. The van der Waals surface area contributed by atoms with Gasteiger partial charge in [0, 0.05) is 6.54 Å². The smallest absolute Gasteiger partial charge is 0.122 e. The van der Waals surface area contributed by atoms with E-state index < -0.39 is 0 Å². The first kappa shape index (κ1) is 15.4. The summed E-state index contributed by atoms with van der Waals surface area (Å²) in [5.74, 6) is 2.53. The van der Waals surface area contributed by atoms with Crippen molar-refractivity contribution in [3.8, 4) is 5.75 Å². The zero-order valence-electron chi connectivity index (χ0n) is 13.0. The third kappa shape index (κ3) is 4.52. The Bertz CT molecular complexity index is 385. The van der Waals surface area contributed by atoms with Crippen LogP contribution in [0, 0.1) is 5.92 Å². The van der Waals surface area contributed by atoms with Crippen molar-refractivity contribution in [3.05, 3.63) is 29.8 Å². The predicted octanol–water partition coefficient (Wildman–Crippen LogP) is 4.36. The fourth-order valence-electron chi connectivity index (χ4n) is 2.99. The molecular weight excluding hydrogens is 246 g/mol. The lowest BCUT2D eigenvalue weighted by Gasteiger charge is -2.16. The van der Waals surface area contributed by atoms with Gasteiger partial charge in [0.15, 0.2) is 0 Å². The summed E-state index contributed by atoms with van der Waals surface area (Å²) < 4.78 is 5.96. The van der Waals surface area contributed by atoms with Crippen molar-refractivity contribution in [1.82, 2.24) is 5.32 Å². The molecular formula is C18H29NO. The molecule has 0 radical (unpaired) electrons. The topological polar surface area (TPSA) is 21.3 Å². The standard InChI is InChI=1S/C18H29NO/c1-3-15(2)17-10-6-7-11-18(17)20-13-12-19-14-16-8-4-5-9-16/h6-7,10-11,15-16,19H,3-5,8-9,12-14H2,1-2H3. The molecule has 0 aliphatic heterocycles. The molecule has 1 aliphatic carbocycles. The number of hydrogen-bond donors (Lipinski definition) is 1. The molecule has 0 heterocycles. The van der Waals surface area contributed by atoms with Crippen LogP contribution in [-0.4, -0.2) is 19.7 Å². The minimum absolute atomic E-state index is 0.567. The second kappa shape index (κ2) is 8.31. The molecule has 1 fully saturated rings. The molecule has 1 unspecified atom stereocenters. The average molecular weight is 275 g/mol. The van der Waals surface area contributed by atoms with E-state index in [-0.39, 0.29) is 0 Å². The maximum atomic E-state index is 5.96. The van der Waals surface area contributed by atoms with Crippen molar-refractivity contribution in [3.63, 3.8) is 0 Å². The molecule has 0 aromatic heterocycles. The molecule has 0 bridgehead atoms. The summed E-state index contributed by atoms with van der Waals surface area (Å²) in [4.78, 5) is 0. The number of ether oxygens (including phenoxy) is 1. The summed E-state index contributed by atoms with van der Waals surface area (Å²) in [5, 5.41) is 3.54. The van der Waals surface area contributed by atoms with Gasteiger partial charge in [-0.2, -0.15) is 0 Å². The molecule has 1 aliphatic rings.